The van der Waals surface area contributed by atoms with Gasteiger partial charge in [0.15, 0.2) is 0 Å². The second-order valence-electron chi connectivity index (χ2n) is 20.3. The van der Waals surface area contributed by atoms with Crippen LogP contribution in [-0.2, 0) is 14.3 Å². The van der Waals surface area contributed by atoms with Gasteiger partial charge in [0.05, 0.1) is 25.4 Å². The second-order valence-corrected chi connectivity index (χ2v) is 20.3. The first-order valence-corrected chi connectivity index (χ1v) is 29.6. The summed E-state index contributed by atoms with van der Waals surface area (Å²) in [5.41, 5.74) is 0. The van der Waals surface area contributed by atoms with Crippen LogP contribution in [-0.4, -0.2) is 47.4 Å². The highest BCUT2D eigenvalue weighted by atomic mass is 16.5. The van der Waals surface area contributed by atoms with E-state index in [1.807, 2.05) is 0 Å². The van der Waals surface area contributed by atoms with Crippen LogP contribution in [0.1, 0.15) is 322 Å². The summed E-state index contributed by atoms with van der Waals surface area (Å²) in [6.45, 7) is 4.94. The number of hydrogen-bond acceptors (Lipinski definition) is 5. The SMILES string of the molecule is CCCCCCCCC/C=C\CCCCCCCCCC(=O)OCCCCCCCCC/C=C\CCCCCCCC(=O)NC(CO)C(O)CCCCCCCCCCCCCCCCC. The maximum absolute atomic E-state index is 12.5. The van der Waals surface area contributed by atoms with Crippen LogP contribution in [0, 0.1) is 0 Å². The topological polar surface area (TPSA) is 95.9 Å². The minimum atomic E-state index is -0.674. The summed E-state index contributed by atoms with van der Waals surface area (Å²) in [6.07, 6.45) is 67.4. The minimum absolute atomic E-state index is 0.00536. The Bertz CT molecular complexity index is 1030. The summed E-state index contributed by atoms with van der Waals surface area (Å²) in [4.78, 5) is 24.5. The molecule has 0 saturated heterocycles. The Kier molecular flexibility index (Phi) is 54.5. The summed E-state index contributed by atoms with van der Waals surface area (Å²) >= 11 is 0. The Balaban J connectivity index is 3.45. The van der Waals surface area contributed by atoms with Gasteiger partial charge >= 0.3 is 5.97 Å². The van der Waals surface area contributed by atoms with Crippen molar-refractivity contribution in [2.45, 2.75) is 334 Å². The molecule has 0 aliphatic rings. The maximum atomic E-state index is 12.5. The van der Waals surface area contributed by atoms with E-state index in [0.717, 1.165) is 64.2 Å². The average molecular weight is 931 g/mol. The fourth-order valence-corrected chi connectivity index (χ4v) is 9.16. The molecular weight excluding hydrogens is 815 g/mol. The van der Waals surface area contributed by atoms with E-state index in [2.05, 4.69) is 43.5 Å². The van der Waals surface area contributed by atoms with E-state index in [4.69, 9.17) is 4.74 Å². The Hall–Kier alpha value is -1.66. The van der Waals surface area contributed by atoms with Crippen molar-refractivity contribution in [3.8, 4) is 0 Å². The molecule has 3 N–H and O–H groups in total. The predicted molar refractivity (Wildman–Crippen MR) is 287 cm³/mol. The molecule has 6 heteroatoms. The molecule has 0 radical (unpaired) electrons. The van der Waals surface area contributed by atoms with Gasteiger partial charge in [-0.05, 0) is 77.0 Å². The first-order valence-electron chi connectivity index (χ1n) is 29.6. The average Bonchev–Trinajstić information content (AvgIpc) is 3.32. The number of rotatable bonds is 55. The lowest BCUT2D eigenvalue weighted by Crippen LogP contribution is -2.45. The van der Waals surface area contributed by atoms with Gasteiger partial charge in [-0.3, -0.25) is 9.59 Å². The van der Waals surface area contributed by atoms with Gasteiger partial charge in [-0.2, -0.15) is 0 Å². The molecule has 0 spiro atoms. The van der Waals surface area contributed by atoms with Crippen LogP contribution in [0.4, 0.5) is 0 Å². The molecule has 0 heterocycles. The van der Waals surface area contributed by atoms with Crippen molar-refractivity contribution >= 4 is 11.9 Å². The molecule has 1 amide bonds. The lowest BCUT2D eigenvalue weighted by molar-refractivity contribution is -0.143. The van der Waals surface area contributed by atoms with Crippen molar-refractivity contribution in [1.82, 2.24) is 5.32 Å². The molecule has 0 rings (SSSR count). The number of carbonyl (C=O) groups excluding carboxylic acids is 2. The first-order chi connectivity index (χ1) is 32.5. The number of aliphatic hydroxyl groups excluding tert-OH is 2. The minimum Gasteiger partial charge on any atom is -0.466 e. The molecule has 0 fully saturated rings. The largest absolute Gasteiger partial charge is 0.466 e. The lowest BCUT2D eigenvalue weighted by atomic mass is 10.0. The zero-order chi connectivity index (χ0) is 47.9. The predicted octanol–water partition coefficient (Wildman–Crippen LogP) is 18.2. The molecule has 0 aliphatic carbocycles. The number of esters is 1. The molecule has 2 atom stereocenters. The fourth-order valence-electron chi connectivity index (χ4n) is 9.16. The summed E-state index contributed by atoms with van der Waals surface area (Å²) in [5.74, 6) is -0.0561. The normalized spacial score (nSPS) is 12.7. The molecular formula is C60H115NO5. The second kappa shape index (κ2) is 55.9. The summed E-state index contributed by atoms with van der Waals surface area (Å²) in [6, 6.07) is -0.553. The molecule has 390 valence electrons. The Morgan fingerprint density at radius 1 is 0.409 bits per heavy atom. The zero-order valence-electron chi connectivity index (χ0n) is 44.4. The fraction of sp³-hybridized carbons (Fsp3) is 0.900. The third kappa shape index (κ3) is 51.7. The van der Waals surface area contributed by atoms with Gasteiger partial charge in [0.1, 0.15) is 0 Å². The molecule has 0 saturated carbocycles. The third-order valence-electron chi connectivity index (χ3n) is 13.7. The van der Waals surface area contributed by atoms with E-state index in [9.17, 15) is 19.8 Å². The van der Waals surface area contributed by atoms with Gasteiger partial charge < -0.3 is 20.3 Å². The molecule has 2 unspecified atom stereocenters. The number of hydrogen-bond donors (Lipinski definition) is 3. The number of ether oxygens (including phenoxy) is 1. The van der Waals surface area contributed by atoms with Crippen molar-refractivity contribution in [2.75, 3.05) is 13.2 Å². The monoisotopic (exact) mass is 930 g/mol. The van der Waals surface area contributed by atoms with E-state index in [-0.39, 0.29) is 18.5 Å². The van der Waals surface area contributed by atoms with Crippen molar-refractivity contribution in [2.24, 2.45) is 0 Å². The quantitative estimate of drug-likeness (QED) is 0.0321. The molecule has 6 nitrogen and oxygen atoms in total. The van der Waals surface area contributed by atoms with Crippen molar-refractivity contribution in [3.63, 3.8) is 0 Å². The number of carbonyl (C=O) groups is 2. The first kappa shape index (κ1) is 64.3. The zero-order valence-corrected chi connectivity index (χ0v) is 44.4. The van der Waals surface area contributed by atoms with Crippen molar-refractivity contribution < 1.29 is 24.5 Å². The smallest absolute Gasteiger partial charge is 0.305 e. The molecule has 66 heavy (non-hydrogen) atoms. The lowest BCUT2D eigenvalue weighted by Gasteiger charge is -2.22. The maximum Gasteiger partial charge on any atom is 0.305 e. The van der Waals surface area contributed by atoms with Crippen LogP contribution >= 0.6 is 0 Å². The van der Waals surface area contributed by atoms with Crippen molar-refractivity contribution in [3.05, 3.63) is 24.3 Å². The van der Waals surface area contributed by atoms with Gasteiger partial charge in [-0.15, -0.1) is 0 Å². The van der Waals surface area contributed by atoms with Gasteiger partial charge in [0, 0.05) is 12.8 Å². The van der Waals surface area contributed by atoms with E-state index in [1.165, 1.54) is 225 Å². The van der Waals surface area contributed by atoms with Crippen LogP contribution in [0.2, 0.25) is 0 Å². The van der Waals surface area contributed by atoms with E-state index >= 15 is 0 Å². The van der Waals surface area contributed by atoms with Crippen LogP contribution in [0.3, 0.4) is 0 Å². The standard InChI is InChI=1S/C60H115NO5/c1-3-5-7-9-11-13-15-17-19-20-21-26-30-34-38-42-46-50-54-60(65)66-55-51-47-43-39-35-31-27-23-22-25-29-33-37-41-45-49-53-59(64)61-57(56-62)58(63)52-48-44-40-36-32-28-24-18-16-14-12-10-8-6-4-2/h19-20,22,25,57-58,62-63H,3-18,21,23-24,26-56H2,1-2H3,(H,61,64)/b20-19-,25-22-. The highest BCUT2D eigenvalue weighted by molar-refractivity contribution is 5.76. The Labute approximate surface area is 411 Å². The summed E-state index contributed by atoms with van der Waals surface area (Å²) in [5, 5.41) is 23.3. The van der Waals surface area contributed by atoms with Crippen LogP contribution < -0.4 is 5.32 Å². The van der Waals surface area contributed by atoms with Gasteiger partial charge in [-0.25, -0.2) is 0 Å². The molecule has 0 aromatic rings. The van der Waals surface area contributed by atoms with E-state index in [0.29, 0.717) is 25.9 Å². The number of nitrogens with one attached hydrogen (secondary N) is 1. The van der Waals surface area contributed by atoms with Crippen molar-refractivity contribution in [1.29, 1.82) is 0 Å². The van der Waals surface area contributed by atoms with E-state index in [1.54, 1.807) is 0 Å². The molecule has 0 aromatic carbocycles. The Morgan fingerprint density at radius 3 is 1.08 bits per heavy atom. The molecule has 0 aromatic heterocycles. The number of unbranched alkanes of at least 4 members (excludes halogenated alkanes) is 40. The van der Waals surface area contributed by atoms with Gasteiger partial charge in [-0.1, -0.05) is 256 Å². The summed E-state index contributed by atoms with van der Waals surface area (Å²) < 4.78 is 5.48. The van der Waals surface area contributed by atoms with Crippen LogP contribution in [0.15, 0.2) is 24.3 Å². The molecule has 0 aliphatic heterocycles. The number of amides is 1. The highest BCUT2D eigenvalue weighted by Gasteiger charge is 2.20. The summed E-state index contributed by atoms with van der Waals surface area (Å²) in [7, 11) is 0. The van der Waals surface area contributed by atoms with Crippen LogP contribution in [0.25, 0.3) is 0 Å². The molecule has 0 bridgehead atoms. The van der Waals surface area contributed by atoms with Gasteiger partial charge in [0.2, 0.25) is 5.91 Å². The van der Waals surface area contributed by atoms with E-state index < -0.39 is 12.1 Å². The van der Waals surface area contributed by atoms with Crippen LogP contribution in [0.5, 0.6) is 0 Å². The number of allylic oxidation sites excluding steroid dienone is 4. The Morgan fingerprint density at radius 2 is 0.712 bits per heavy atom. The van der Waals surface area contributed by atoms with Gasteiger partial charge in [0.25, 0.3) is 0 Å². The third-order valence-corrected chi connectivity index (χ3v) is 13.7. The number of aliphatic hydroxyl groups is 2. The highest BCUT2D eigenvalue weighted by Crippen LogP contribution is 2.17.